The first-order valence-electron chi connectivity index (χ1n) is 19.1. The van der Waals surface area contributed by atoms with Gasteiger partial charge >= 0.3 is 11.9 Å². The largest absolute Gasteiger partial charge is 0.465 e. The van der Waals surface area contributed by atoms with E-state index in [0.29, 0.717) is 49.1 Å². The van der Waals surface area contributed by atoms with Crippen LogP contribution in [0, 0.1) is 23.7 Å². The Balaban J connectivity index is 1.18. The minimum atomic E-state index is -4.10. The molecule has 0 amide bonds. The van der Waals surface area contributed by atoms with E-state index in [1.165, 1.54) is 24.8 Å². The van der Waals surface area contributed by atoms with Crippen LogP contribution in [0.25, 0.3) is 0 Å². The molecule has 1 fully saturated rings. The van der Waals surface area contributed by atoms with Crippen LogP contribution in [0.4, 0.5) is 0 Å². The summed E-state index contributed by atoms with van der Waals surface area (Å²) in [6.07, 6.45) is 13.7. The lowest BCUT2D eigenvalue weighted by Gasteiger charge is -2.27. The molecular weight excluding hydrogens is 733 g/mol. The van der Waals surface area contributed by atoms with Crippen LogP contribution in [0.2, 0.25) is 0 Å². The van der Waals surface area contributed by atoms with Gasteiger partial charge in [-0.3, -0.25) is 9.59 Å². The summed E-state index contributed by atoms with van der Waals surface area (Å²) >= 11 is 0.739. The molecule has 4 rings (SSSR count). The van der Waals surface area contributed by atoms with Crippen LogP contribution >= 0.6 is 11.3 Å². The van der Waals surface area contributed by atoms with Gasteiger partial charge in [0.1, 0.15) is 14.5 Å². The molecule has 0 unspecified atom stereocenters. The van der Waals surface area contributed by atoms with Crippen molar-refractivity contribution in [1.82, 2.24) is 5.32 Å². The van der Waals surface area contributed by atoms with Gasteiger partial charge in [0, 0.05) is 43.5 Å². The van der Waals surface area contributed by atoms with E-state index < -0.39 is 25.1 Å². The molecule has 7 atom stereocenters. The molecule has 1 aromatic carbocycles. The number of hydrogen-bond acceptors (Lipinski definition) is 10. The minimum Gasteiger partial charge on any atom is -0.465 e. The van der Waals surface area contributed by atoms with Crippen LogP contribution in [-0.2, 0) is 45.3 Å². The summed E-state index contributed by atoms with van der Waals surface area (Å²) in [6, 6.07) is 11.8. The third kappa shape index (κ3) is 12.3. The van der Waals surface area contributed by atoms with Gasteiger partial charge in [-0.1, -0.05) is 69.7 Å². The fraction of sp³-hybridized carbons (Fsp3) is 0.625. The maximum absolute atomic E-state index is 12.9. The number of rotatable bonds is 20. The molecule has 1 aliphatic heterocycles. The van der Waals surface area contributed by atoms with E-state index in [2.05, 4.69) is 66.0 Å². The highest BCUT2D eigenvalue weighted by Crippen LogP contribution is 2.45. The number of sulfone groups is 1. The normalized spacial score (nSPS) is 24.7. The highest BCUT2D eigenvalue weighted by Gasteiger charge is 2.42. The molecule has 1 aromatic heterocycles. The number of sulfonamides is 1. The maximum Gasteiger partial charge on any atom is 0.305 e. The maximum atomic E-state index is 12.9. The average Bonchev–Trinajstić information content (AvgIpc) is 3.70. The molecule has 13 heteroatoms. The zero-order valence-electron chi connectivity index (χ0n) is 31.9. The number of unbranched alkanes of at least 4 members (excludes halogenated alkanes) is 1. The number of hydrogen-bond donors (Lipinski definition) is 1. The lowest BCUT2D eigenvalue weighted by atomic mass is 9.81. The highest BCUT2D eigenvalue weighted by atomic mass is 32.3. The molecule has 0 bridgehead atoms. The van der Waals surface area contributed by atoms with Gasteiger partial charge in [0.25, 0.3) is 10.0 Å². The summed E-state index contributed by atoms with van der Waals surface area (Å²) in [6.45, 7) is 10.3. The Morgan fingerprint density at radius 3 is 2.55 bits per heavy atom. The van der Waals surface area contributed by atoms with Crippen molar-refractivity contribution in [2.75, 3.05) is 13.2 Å². The van der Waals surface area contributed by atoms with E-state index in [4.69, 9.17) is 9.47 Å². The van der Waals surface area contributed by atoms with Crippen molar-refractivity contribution >= 4 is 49.4 Å². The number of benzene rings is 1. The van der Waals surface area contributed by atoms with Gasteiger partial charge in [-0.15, -0.1) is 11.3 Å². The fourth-order valence-corrected chi connectivity index (χ4v) is 12.6. The molecular formula is C40H58N2O8S3. The Morgan fingerprint density at radius 2 is 1.83 bits per heavy atom. The van der Waals surface area contributed by atoms with Gasteiger partial charge in [0.15, 0.2) is 9.84 Å². The van der Waals surface area contributed by atoms with Crippen molar-refractivity contribution in [3.8, 4) is 0 Å². The molecule has 0 saturated heterocycles. The summed E-state index contributed by atoms with van der Waals surface area (Å²) < 4.78 is 66.3. The fourth-order valence-electron chi connectivity index (χ4n) is 7.67. The number of carbonyl (C=O) groups is 2. The first-order chi connectivity index (χ1) is 25.2. The second kappa shape index (κ2) is 20.2. The van der Waals surface area contributed by atoms with Crippen LogP contribution in [0.1, 0.15) is 116 Å². The van der Waals surface area contributed by atoms with Crippen molar-refractivity contribution in [1.29, 1.82) is 0 Å². The average molecular weight is 791 g/mol. The SMILES string of the molecule is CCN[C@H]1C[C@H](C)S(=O)(=O)c2sc(S(=O)(=O)/N=C/CCOC(=O)CCC/C=C\C[C@@H]3[C@@H](CC[C@H](C)CCc4ccccc4)[C@H](C)C[C@@H]3OC(C)=O)cc21. The number of thiophene rings is 1. The first-order valence-corrected chi connectivity index (χ1v) is 22.9. The molecule has 294 valence electrons. The van der Waals surface area contributed by atoms with E-state index in [9.17, 15) is 26.4 Å². The molecule has 1 aliphatic carbocycles. The molecule has 0 spiro atoms. The standard InChI is InChI=1S/C40H58N2O8S3/c1-6-41-36-26-30(4)52(45,46)40-35(36)27-39(51-40)53(47,48)42-23-14-24-49-38(44)18-13-8-7-12-17-34-33(29(3)25-37(34)50-31(5)43)22-20-28(2)19-21-32-15-10-9-11-16-32/h7,9-12,15-16,23,27-30,33-34,36-37,41H,6,8,13-14,17-22,24-26H2,1-5H3/b12-7-,42-23+/t28-,29-,30+,33+,34-,36+,37+/m1/s1. The topological polar surface area (TPSA) is 145 Å². The third-order valence-electron chi connectivity index (χ3n) is 10.6. The second-order valence-electron chi connectivity index (χ2n) is 14.8. The Labute approximate surface area is 321 Å². The zero-order chi connectivity index (χ0) is 38.6. The number of ether oxygens (including phenoxy) is 2. The number of esters is 2. The number of fused-ring (bicyclic) bond motifs is 1. The summed E-state index contributed by atoms with van der Waals surface area (Å²) in [4.78, 5) is 24.2. The van der Waals surface area contributed by atoms with Gasteiger partial charge < -0.3 is 14.8 Å². The summed E-state index contributed by atoms with van der Waals surface area (Å²) in [5, 5.41) is 2.63. The quantitative estimate of drug-likeness (QED) is 0.0610. The molecule has 1 saturated carbocycles. The number of nitrogens with zero attached hydrogens (tertiary/aromatic N) is 1. The predicted octanol–water partition coefficient (Wildman–Crippen LogP) is 8.03. The summed E-state index contributed by atoms with van der Waals surface area (Å²) in [5.41, 5.74) is 1.86. The summed E-state index contributed by atoms with van der Waals surface area (Å²) in [5.74, 6) is 1.27. The van der Waals surface area contributed by atoms with Gasteiger partial charge in [-0.25, -0.2) is 8.42 Å². The van der Waals surface area contributed by atoms with Gasteiger partial charge in [0.2, 0.25) is 0 Å². The zero-order valence-corrected chi connectivity index (χ0v) is 34.3. The number of nitrogens with one attached hydrogen (secondary N) is 1. The molecule has 2 aliphatic rings. The van der Waals surface area contributed by atoms with Crippen LogP contribution in [0.15, 0.2) is 61.4 Å². The number of allylic oxidation sites excluding steroid dienone is 2. The Hall–Kier alpha value is -2.87. The van der Waals surface area contributed by atoms with Crippen LogP contribution in [-0.4, -0.2) is 59.5 Å². The van der Waals surface area contributed by atoms with Gasteiger partial charge in [-0.05, 0) is 94.2 Å². The molecule has 2 heterocycles. The van der Waals surface area contributed by atoms with E-state index in [-0.39, 0.29) is 57.9 Å². The van der Waals surface area contributed by atoms with Crippen molar-refractivity contribution in [3.05, 3.63) is 59.7 Å². The van der Waals surface area contributed by atoms with Gasteiger partial charge in [0.05, 0.1) is 11.9 Å². The molecule has 53 heavy (non-hydrogen) atoms. The third-order valence-corrected chi connectivity index (χ3v) is 16.3. The monoisotopic (exact) mass is 790 g/mol. The lowest BCUT2D eigenvalue weighted by Crippen LogP contribution is -2.33. The van der Waals surface area contributed by atoms with E-state index in [1.54, 1.807) is 6.92 Å². The van der Waals surface area contributed by atoms with Crippen molar-refractivity contribution < 1.29 is 35.9 Å². The predicted molar refractivity (Wildman–Crippen MR) is 210 cm³/mol. The van der Waals surface area contributed by atoms with Crippen LogP contribution in [0.5, 0.6) is 0 Å². The molecule has 0 radical (unpaired) electrons. The smallest absolute Gasteiger partial charge is 0.305 e. The van der Waals surface area contributed by atoms with E-state index in [1.807, 2.05) is 6.92 Å². The van der Waals surface area contributed by atoms with Crippen molar-refractivity contribution in [3.63, 3.8) is 0 Å². The highest BCUT2D eigenvalue weighted by molar-refractivity contribution is 7.96. The van der Waals surface area contributed by atoms with Crippen LogP contribution < -0.4 is 5.32 Å². The second-order valence-corrected chi connectivity index (χ2v) is 20.2. The molecule has 2 aromatic rings. The molecule has 1 N–H and O–H groups in total. The number of aryl methyl sites for hydroxylation is 1. The van der Waals surface area contributed by atoms with Crippen molar-refractivity contribution in [2.45, 2.75) is 131 Å². The van der Waals surface area contributed by atoms with E-state index >= 15 is 0 Å². The Kier molecular flexibility index (Phi) is 16.3. The Bertz CT molecular complexity index is 1770. The lowest BCUT2D eigenvalue weighted by molar-refractivity contribution is -0.148. The van der Waals surface area contributed by atoms with E-state index in [0.717, 1.165) is 49.9 Å². The number of carbonyl (C=O) groups excluding carboxylic acids is 2. The minimum absolute atomic E-state index is 0.00726. The van der Waals surface area contributed by atoms with Gasteiger partial charge in [-0.2, -0.15) is 12.8 Å². The first kappa shape index (κ1) is 42.9. The van der Waals surface area contributed by atoms with Crippen LogP contribution in [0.3, 0.4) is 0 Å². The molecule has 10 nitrogen and oxygen atoms in total. The summed E-state index contributed by atoms with van der Waals surface area (Å²) in [7, 11) is -7.71. The van der Waals surface area contributed by atoms with Crippen molar-refractivity contribution in [2.24, 2.45) is 28.1 Å². The Morgan fingerprint density at radius 1 is 1.08 bits per heavy atom.